The van der Waals surface area contributed by atoms with Crippen molar-refractivity contribution >= 4 is 6.03 Å². The molecule has 0 atom stereocenters. The molecule has 30 heavy (non-hydrogen) atoms. The van der Waals surface area contributed by atoms with Gasteiger partial charge in [-0.2, -0.15) is 0 Å². The molecule has 0 radical (unpaired) electrons. The van der Waals surface area contributed by atoms with Gasteiger partial charge < -0.3 is 10.6 Å². The Morgan fingerprint density at radius 3 is 1.03 bits per heavy atom. The van der Waals surface area contributed by atoms with Crippen molar-refractivity contribution in [2.45, 2.75) is 12.1 Å². The summed E-state index contributed by atoms with van der Waals surface area (Å²) in [5, 5.41) is 6.46. The van der Waals surface area contributed by atoms with E-state index in [1.165, 1.54) is 22.3 Å². The van der Waals surface area contributed by atoms with E-state index in [4.69, 9.17) is 0 Å². The molecule has 0 unspecified atom stereocenters. The molecule has 2 N–H and O–H groups in total. The summed E-state index contributed by atoms with van der Waals surface area (Å²) < 4.78 is 0. The minimum absolute atomic E-state index is 0.149. The molecule has 4 aromatic carbocycles. The summed E-state index contributed by atoms with van der Waals surface area (Å²) in [5.74, 6) is 0. The highest BCUT2D eigenvalue weighted by Gasteiger charge is 2.32. The van der Waals surface area contributed by atoms with E-state index in [9.17, 15) is 4.79 Å². The van der Waals surface area contributed by atoms with E-state index in [0.717, 1.165) is 22.3 Å². The second-order valence-electron chi connectivity index (χ2n) is 7.83. The second kappa shape index (κ2) is 6.60. The molecule has 6 rings (SSSR count). The molecule has 4 aromatic rings. The van der Waals surface area contributed by atoms with Crippen molar-refractivity contribution in [3.8, 4) is 22.3 Å². The molecule has 0 saturated carbocycles. The van der Waals surface area contributed by atoms with Gasteiger partial charge in [0.15, 0.2) is 0 Å². The van der Waals surface area contributed by atoms with Gasteiger partial charge in [0.05, 0.1) is 12.1 Å². The first-order chi connectivity index (χ1) is 14.8. The van der Waals surface area contributed by atoms with Gasteiger partial charge in [-0.05, 0) is 44.5 Å². The number of rotatable bonds is 2. The third kappa shape index (κ3) is 2.49. The molecule has 0 bridgehead atoms. The normalized spacial score (nSPS) is 13.9. The van der Waals surface area contributed by atoms with Crippen molar-refractivity contribution in [3.63, 3.8) is 0 Å². The predicted molar refractivity (Wildman–Crippen MR) is 119 cm³/mol. The van der Waals surface area contributed by atoms with Gasteiger partial charge in [0, 0.05) is 0 Å². The number of fused-ring (bicyclic) bond motifs is 6. The summed E-state index contributed by atoms with van der Waals surface area (Å²) in [6.07, 6.45) is 0. The van der Waals surface area contributed by atoms with Crippen LogP contribution in [0.25, 0.3) is 22.3 Å². The monoisotopic (exact) mass is 388 g/mol. The molecule has 3 heteroatoms. The number of urea groups is 1. The Kier molecular flexibility index (Phi) is 3.75. The van der Waals surface area contributed by atoms with Crippen LogP contribution in [-0.2, 0) is 0 Å². The standard InChI is InChI=1S/C27H20N2O/c30-27(28-25-21-13-5-1-9-17(21)18-10-2-6-14-22(18)25)29-26-23-15-7-3-11-19(23)20-12-4-8-16-24(20)26/h1-16,25-26H,(H2,28,29,30). The summed E-state index contributed by atoms with van der Waals surface area (Å²) >= 11 is 0. The highest BCUT2D eigenvalue weighted by Crippen LogP contribution is 2.44. The molecular formula is C27H20N2O. The Morgan fingerprint density at radius 1 is 0.467 bits per heavy atom. The van der Waals surface area contributed by atoms with E-state index in [-0.39, 0.29) is 18.1 Å². The molecule has 2 aliphatic carbocycles. The van der Waals surface area contributed by atoms with Crippen LogP contribution in [0.1, 0.15) is 34.3 Å². The fraction of sp³-hybridized carbons (Fsp3) is 0.0741. The Bertz CT molecular complexity index is 1100. The Balaban J connectivity index is 1.32. The van der Waals surface area contributed by atoms with Gasteiger partial charge in [-0.25, -0.2) is 4.79 Å². The first kappa shape index (κ1) is 17.0. The molecule has 144 valence electrons. The van der Waals surface area contributed by atoms with Gasteiger partial charge in [0.25, 0.3) is 0 Å². The molecular weight excluding hydrogens is 368 g/mol. The van der Waals surface area contributed by atoms with Gasteiger partial charge in [-0.1, -0.05) is 97.1 Å². The second-order valence-corrected chi connectivity index (χ2v) is 7.83. The van der Waals surface area contributed by atoms with E-state index in [2.05, 4.69) is 59.2 Å². The van der Waals surface area contributed by atoms with Crippen molar-refractivity contribution < 1.29 is 4.79 Å². The Labute approximate surface area is 175 Å². The maximum absolute atomic E-state index is 13.2. The van der Waals surface area contributed by atoms with Gasteiger partial charge in [0.1, 0.15) is 0 Å². The van der Waals surface area contributed by atoms with Crippen LogP contribution < -0.4 is 10.6 Å². The summed E-state index contributed by atoms with van der Waals surface area (Å²) in [6.45, 7) is 0. The first-order valence-corrected chi connectivity index (χ1v) is 10.2. The Hall–Kier alpha value is -3.85. The van der Waals surface area contributed by atoms with Gasteiger partial charge in [0.2, 0.25) is 0 Å². The SMILES string of the molecule is O=C(NC1c2ccccc2-c2ccccc21)NC1c2ccccc2-c2ccccc21. The van der Waals surface area contributed by atoms with Gasteiger partial charge >= 0.3 is 6.03 Å². The zero-order chi connectivity index (χ0) is 20.1. The zero-order valence-corrected chi connectivity index (χ0v) is 16.3. The number of nitrogens with one attached hydrogen (secondary N) is 2. The average Bonchev–Trinajstić information content (AvgIpc) is 3.28. The van der Waals surface area contributed by atoms with E-state index in [1.807, 2.05) is 48.5 Å². The van der Waals surface area contributed by atoms with Crippen LogP contribution in [0.15, 0.2) is 97.1 Å². The highest BCUT2D eigenvalue weighted by molar-refractivity contribution is 5.85. The third-order valence-electron chi connectivity index (χ3n) is 6.22. The topological polar surface area (TPSA) is 41.1 Å². The van der Waals surface area contributed by atoms with Crippen molar-refractivity contribution in [1.82, 2.24) is 10.6 Å². The number of hydrogen-bond donors (Lipinski definition) is 2. The predicted octanol–water partition coefficient (Wildman–Crippen LogP) is 5.83. The number of benzene rings is 4. The average molecular weight is 388 g/mol. The highest BCUT2D eigenvalue weighted by atomic mass is 16.2. The number of carbonyl (C=O) groups is 1. The van der Waals surface area contributed by atoms with Gasteiger partial charge in [-0.3, -0.25) is 0 Å². The molecule has 2 amide bonds. The third-order valence-corrected chi connectivity index (χ3v) is 6.22. The summed E-state index contributed by atoms with van der Waals surface area (Å²) in [5.41, 5.74) is 9.32. The van der Waals surface area contributed by atoms with Gasteiger partial charge in [-0.15, -0.1) is 0 Å². The summed E-state index contributed by atoms with van der Waals surface area (Å²) in [6, 6.07) is 32.7. The molecule has 0 aromatic heterocycles. The fourth-order valence-corrected chi connectivity index (χ4v) is 4.93. The van der Waals surface area contributed by atoms with Crippen LogP contribution in [0.3, 0.4) is 0 Å². The number of amides is 2. The van der Waals surface area contributed by atoms with Crippen LogP contribution in [0, 0.1) is 0 Å². The number of carbonyl (C=O) groups excluding carboxylic acids is 1. The van der Waals surface area contributed by atoms with Crippen molar-refractivity contribution in [1.29, 1.82) is 0 Å². The minimum atomic E-state index is -0.164. The maximum atomic E-state index is 13.2. The van der Waals surface area contributed by atoms with E-state index in [0.29, 0.717) is 0 Å². The van der Waals surface area contributed by atoms with Crippen molar-refractivity contribution in [3.05, 3.63) is 119 Å². The molecule has 0 saturated heterocycles. The smallest absolute Gasteiger partial charge is 0.316 e. The lowest BCUT2D eigenvalue weighted by Gasteiger charge is -2.20. The van der Waals surface area contributed by atoms with Crippen molar-refractivity contribution in [2.75, 3.05) is 0 Å². The van der Waals surface area contributed by atoms with E-state index < -0.39 is 0 Å². The van der Waals surface area contributed by atoms with Crippen LogP contribution in [0.2, 0.25) is 0 Å². The first-order valence-electron chi connectivity index (χ1n) is 10.2. The van der Waals surface area contributed by atoms with Crippen LogP contribution in [0.5, 0.6) is 0 Å². The van der Waals surface area contributed by atoms with E-state index in [1.54, 1.807) is 0 Å². The fourth-order valence-electron chi connectivity index (χ4n) is 4.93. The molecule has 0 heterocycles. The lowest BCUT2D eigenvalue weighted by atomic mass is 10.0. The molecule has 3 nitrogen and oxygen atoms in total. The Morgan fingerprint density at radius 2 is 0.733 bits per heavy atom. The summed E-state index contributed by atoms with van der Waals surface area (Å²) in [4.78, 5) is 13.2. The molecule has 2 aliphatic rings. The molecule has 0 aliphatic heterocycles. The van der Waals surface area contributed by atoms with Crippen LogP contribution >= 0.6 is 0 Å². The molecule has 0 fully saturated rings. The minimum Gasteiger partial charge on any atom is -0.327 e. The van der Waals surface area contributed by atoms with Crippen LogP contribution in [0.4, 0.5) is 4.79 Å². The lowest BCUT2D eigenvalue weighted by Crippen LogP contribution is -2.39. The zero-order valence-electron chi connectivity index (χ0n) is 16.3. The molecule has 0 spiro atoms. The number of hydrogen-bond acceptors (Lipinski definition) is 1. The maximum Gasteiger partial charge on any atom is 0.316 e. The van der Waals surface area contributed by atoms with E-state index >= 15 is 0 Å². The summed E-state index contributed by atoms with van der Waals surface area (Å²) in [7, 11) is 0. The quantitative estimate of drug-likeness (QED) is 0.446. The lowest BCUT2D eigenvalue weighted by molar-refractivity contribution is 0.237. The largest absolute Gasteiger partial charge is 0.327 e. The van der Waals surface area contributed by atoms with Crippen molar-refractivity contribution in [2.24, 2.45) is 0 Å². The van der Waals surface area contributed by atoms with Crippen LogP contribution in [-0.4, -0.2) is 6.03 Å².